The van der Waals surface area contributed by atoms with Gasteiger partial charge in [0.15, 0.2) is 0 Å². The van der Waals surface area contributed by atoms with Crippen LogP contribution in [0.4, 0.5) is 0 Å². The maximum Gasteiger partial charge on any atom is 0.331 e. The Morgan fingerprint density at radius 1 is 1.21 bits per heavy atom. The van der Waals surface area contributed by atoms with Crippen LogP contribution in [0.3, 0.4) is 0 Å². The summed E-state index contributed by atoms with van der Waals surface area (Å²) in [5.74, 6) is -0.411. The number of rotatable bonds is 9. The molecule has 0 aliphatic carbocycles. The van der Waals surface area contributed by atoms with Gasteiger partial charge in [0.1, 0.15) is 5.54 Å². The van der Waals surface area contributed by atoms with E-state index in [1.54, 1.807) is 6.92 Å². The van der Waals surface area contributed by atoms with Crippen LogP contribution in [0.25, 0.3) is 0 Å². The summed E-state index contributed by atoms with van der Waals surface area (Å²) in [4.78, 5) is 24.1. The number of nitrogens with one attached hydrogen (secondary N) is 1. The number of hydrogen-bond donors (Lipinski definition) is 1. The van der Waals surface area contributed by atoms with E-state index in [0.29, 0.717) is 6.42 Å². The van der Waals surface area contributed by atoms with Crippen molar-refractivity contribution in [1.29, 1.82) is 0 Å². The molecule has 2 unspecified atom stereocenters. The second kappa shape index (κ2) is 8.94. The highest BCUT2D eigenvalue weighted by molar-refractivity contribution is 5.88. The molecule has 0 rings (SSSR count). The van der Waals surface area contributed by atoms with Crippen LogP contribution in [0.15, 0.2) is 0 Å². The van der Waals surface area contributed by atoms with Gasteiger partial charge in [0, 0.05) is 5.92 Å². The van der Waals surface area contributed by atoms with E-state index in [2.05, 4.69) is 12.2 Å². The van der Waals surface area contributed by atoms with E-state index >= 15 is 0 Å². The van der Waals surface area contributed by atoms with Crippen molar-refractivity contribution in [1.82, 2.24) is 5.32 Å². The van der Waals surface area contributed by atoms with Gasteiger partial charge in [-0.15, -0.1) is 0 Å². The van der Waals surface area contributed by atoms with E-state index in [1.165, 1.54) is 7.11 Å². The molecule has 19 heavy (non-hydrogen) atoms. The van der Waals surface area contributed by atoms with Gasteiger partial charge in [-0.3, -0.25) is 4.79 Å². The van der Waals surface area contributed by atoms with Crippen LogP contribution in [0.1, 0.15) is 66.2 Å². The molecule has 4 nitrogen and oxygen atoms in total. The average Bonchev–Trinajstić information content (AvgIpc) is 2.38. The van der Waals surface area contributed by atoms with E-state index in [4.69, 9.17) is 4.74 Å². The molecule has 0 heterocycles. The number of unbranched alkanes of at least 4 members (excludes halogenated alkanes) is 1. The van der Waals surface area contributed by atoms with Gasteiger partial charge < -0.3 is 10.1 Å². The number of ether oxygens (including phenoxy) is 1. The number of esters is 1. The van der Waals surface area contributed by atoms with Crippen molar-refractivity contribution in [3.05, 3.63) is 0 Å². The summed E-state index contributed by atoms with van der Waals surface area (Å²) in [6.07, 6.45) is 5.20. The van der Waals surface area contributed by atoms with Crippen LogP contribution in [-0.4, -0.2) is 24.5 Å². The molecule has 0 fully saturated rings. The Hall–Kier alpha value is -1.06. The fourth-order valence-corrected chi connectivity index (χ4v) is 2.29. The first-order valence-electron chi connectivity index (χ1n) is 7.35. The molecular formula is C15H29NO3. The topological polar surface area (TPSA) is 55.4 Å². The summed E-state index contributed by atoms with van der Waals surface area (Å²) in [6.45, 7) is 7.85. The van der Waals surface area contributed by atoms with Crippen LogP contribution in [0.2, 0.25) is 0 Å². The maximum absolute atomic E-state index is 12.3. The number of carbonyl (C=O) groups excluding carboxylic acids is 2. The third-order valence-corrected chi connectivity index (χ3v) is 3.55. The minimum Gasteiger partial charge on any atom is -0.467 e. The van der Waals surface area contributed by atoms with Gasteiger partial charge in [-0.2, -0.15) is 0 Å². The Morgan fingerprint density at radius 2 is 1.84 bits per heavy atom. The summed E-state index contributed by atoms with van der Waals surface area (Å²) >= 11 is 0. The number of hydrogen-bond acceptors (Lipinski definition) is 3. The van der Waals surface area contributed by atoms with Crippen LogP contribution in [0, 0.1) is 5.92 Å². The number of carbonyl (C=O) groups is 2. The SMILES string of the molecule is CCCCC(CC)C(=O)NC(C)(CCC)C(=O)OC. The smallest absolute Gasteiger partial charge is 0.331 e. The van der Waals surface area contributed by atoms with Gasteiger partial charge in [0.05, 0.1) is 7.11 Å². The highest BCUT2D eigenvalue weighted by Crippen LogP contribution is 2.18. The van der Waals surface area contributed by atoms with Gasteiger partial charge in [0.2, 0.25) is 5.91 Å². The van der Waals surface area contributed by atoms with Crippen LogP contribution < -0.4 is 5.32 Å². The van der Waals surface area contributed by atoms with E-state index in [-0.39, 0.29) is 17.8 Å². The zero-order chi connectivity index (χ0) is 14.9. The lowest BCUT2D eigenvalue weighted by Crippen LogP contribution is -2.54. The predicted octanol–water partition coefficient (Wildman–Crippen LogP) is 3.05. The molecule has 1 N–H and O–H groups in total. The standard InChI is InChI=1S/C15H29NO3/c1-6-9-10-12(8-3)13(17)16-15(4,11-7-2)14(18)19-5/h12H,6-11H2,1-5H3,(H,16,17). The number of amides is 1. The zero-order valence-electron chi connectivity index (χ0n) is 13.0. The van der Waals surface area contributed by atoms with Gasteiger partial charge in [-0.25, -0.2) is 4.79 Å². The summed E-state index contributed by atoms with van der Waals surface area (Å²) in [5, 5.41) is 2.89. The molecule has 0 saturated heterocycles. The van der Waals surface area contributed by atoms with E-state index in [0.717, 1.165) is 32.1 Å². The van der Waals surface area contributed by atoms with Crippen molar-refractivity contribution < 1.29 is 14.3 Å². The Labute approximate surface area is 117 Å². The first kappa shape index (κ1) is 17.9. The fraction of sp³-hybridized carbons (Fsp3) is 0.867. The van der Waals surface area contributed by atoms with Crippen LogP contribution >= 0.6 is 0 Å². The van der Waals surface area contributed by atoms with Gasteiger partial charge in [-0.05, 0) is 26.2 Å². The van der Waals surface area contributed by atoms with Gasteiger partial charge in [-0.1, -0.05) is 40.0 Å². The molecule has 0 aliphatic rings. The minimum absolute atomic E-state index is 0.0132. The van der Waals surface area contributed by atoms with Gasteiger partial charge >= 0.3 is 5.97 Å². The molecule has 4 heteroatoms. The summed E-state index contributed by atoms with van der Waals surface area (Å²) in [7, 11) is 1.36. The molecule has 112 valence electrons. The Morgan fingerprint density at radius 3 is 2.26 bits per heavy atom. The van der Waals surface area contributed by atoms with Crippen molar-refractivity contribution in [3.8, 4) is 0 Å². The quantitative estimate of drug-likeness (QED) is 0.656. The fourth-order valence-electron chi connectivity index (χ4n) is 2.29. The van der Waals surface area contributed by atoms with Crippen molar-refractivity contribution in [3.63, 3.8) is 0 Å². The second-order valence-electron chi connectivity index (χ2n) is 5.31. The van der Waals surface area contributed by atoms with E-state index in [1.807, 2.05) is 13.8 Å². The van der Waals surface area contributed by atoms with Crippen LogP contribution in [-0.2, 0) is 14.3 Å². The largest absolute Gasteiger partial charge is 0.467 e. The molecule has 0 radical (unpaired) electrons. The third kappa shape index (κ3) is 5.62. The second-order valence-corrected chi connectivity index (χ2v) is 5.31. The summed E-state index contributed by atoms with van der Waals surface area (Å²) in [5.41, 5.74) is -0.903. The molecule has 0 aliphatic heterocycles. The first-order chi connectivity index (χ1) is 8.95. The van der Waals surface area contributed by atoms with E-state index < -0.39 is 5.54 Å². The lowest BCUT2D eigenvalue weighted by atomic mass is 9.92. The molecule has 0 aromatic heterocycles. The van der Waals surface area contributed by atoms with Crippen molar-refractivity contribution in [2.75, 3.05) is 7.11 Å². The molecule has 2 atom stereocenters. The molecular weight excluding hydrogens is 242 g/mol. The highest BCUT2D eigenvalue weighted by atomic mass is 16.5. The lowest BCUT2D eigenvalue weighted by Gasteiger charge is -2.29. The normalized spacial score (nSPS) is 15.4. The summed E-state index contributed by atoms with van der Waals surface area (Å²) in [6, 6.07) is 0. The predicted molar refractivity (Wildman–Crippen MR) is 76.8 cm³/mol. The monoisotopic (exact) mass is 271 g/mol. The van der Waals surface area contributed by atoms with Crippen LogP contribution in [0.5, 0.6) is 0 Å². The average molecular weight is 271 g/mol. The zero-order valence-corrected chi connectivity index (χ0v) is 13.0. The van der Waals surface area contributed by atoms with Crippen molar-refractivity contribution >= 4 is 11.9 Å². The molecule has 1 amide bonds. The first-order valence-corrected chi connectivity index (χ1v) is 7.35. The Bertz CT molecular complexity index is 291. The highest BCUT2D eigenvalue weighted by Gasteiger charge is 2.36. The van der Waals surface area contributed by atoms with Crippen molar-refractivity contribution in [2.45, 2.75) is 71.8 Å². The number of methoxy groups -OCH3 is 1. The Kier molecular flexibility index (Phi) is 8.44. The molecule has 0 bridgehead atoms. The lowest BCUT2D eigenvalue weighted by molar-refractivity contribution is -0.151. The summed E-state index contributed by atoms with van der Waals surface area (Å²) < 4.78 is 4.81. The molecule has 0 aromatic rings. The third-order valence-electron chi connectivity index (χ3n) is 3.55. The van der Waals surface area contributed by atoms with Gasteiger partial charge in [0.25, 0.3) is 0 Å². The Balaban J connectivity index is 4.73. The van der Waals surface area contributed by atoms with Crippen molar-refractivity contribution in [2.24, 2.45) is 5.92 Å². The molecule has 0 spiro atoms. The molecule has 0 saturated carbocycles. The van der Waals surface area contributed by atoms with E-state index in [9.17, 15) is 9.59 Å². The molecule has 0 aromatic carbocycles. The minimum atomic E-state index is -0.903. The maximum atomic E-state index is 12.3.